The molecule has 1 aromatic carbocycles. The highest BCUT2D eigenvalue weighted by Crippen LogP contribution is 2.27. The highest BCUT2D eigenvalue weighted by molar-refractivity contribution is 6.36. The zero-order chi connectivity index (χ0) is 20.5. The maximum atomic E-state index is 13.1. The Morgan fingerprint density at radius 3 is 2.45 bits per heavy atom. The van der Waals surface area contributed by atoms with Crippen LogP contribution >= 0.6 is 23.2 Å². The van der Waals surface area contributed by atoms with Crippen LogP contribution in [0.15, 0.2) is 36.5 Å². The van der Waals surface area contributed by atoms with Gasteiger partial charge >= 0.3 is 0 Å². The number of hydrogen-bond donors (Lipinski definition) is 0. The van der Waals surface area contributed by atoms with Crippen molar-refractivity contribution in [1.82, 2.24) is 24.6 Å². The third-order valence-corrected chi connectivity index (χ3v) is 5.17. The average Bonchev–Trinajstić information content (AvgIpc) is 3.10. The second kappa shape index (κ2) is 7.96. The Hall–Kier alpha value is -2.71. The highest BCUT2D eigenvalue weighted by atomic mass is 35.5. The summed E-state index contributed by atoms with van der Waals surface area (Å²) >= 11 is 12.1. The zero-order valence-electron chi connectivity index (χ0n) is 15.5. The van der Waals surface area contributed by atoms with Crippen LogP contribution in [0.3, 0.4) is 0 Å². The van der Waals surface area contributed by atoms with E-state index in [-0.39, 0.29) is 17.5 Å². The van der Waals surface area contributed by atoms with E-state index in [2.05, 4.69) is 15.1 Å². The molecule has 1 fully saturated rings. The highest BCUT2D eigenvalue weighted by Gasteiger charge is 2.27. The zero-order valence-corrected chi connectivity index (χ0v) is 17.0. The van der Waals surface area contributed by atoms with Gasteiger partial charge in [0.05, 0.1) is 15.7 Å². The molecule has 0 unspecified atom stereocenters. The third-order valence-electron chi connectivity index (χ3n) is 4.69. The lowest BCUT2D eigenvalue weighted by Gasteiger charge is -2.35. The number of halogens is 3. The molecule has 1 aliphatic heterocycles. The van der Waals surface area contributed by atoms with Gasteiger partial charge < -0.3 is 9.80 Å². The number of aryl methyl sites for hydroxylation is 1. The molecule has 3 aromatic rings. The second-order valence-corrected chi connectivity index (χ2v) is 7.45. The van der Waals surface area contributed by atoms with Crippen LogP contribution in [-0.4, -0.2) is 56.7 Å². The number of rotatable bonds is 3. The summed E-state index contributed by atoms with van der Waals surface area (Å²) in [5.74, 6) is 0.733. The molecule has 0 spiro atoms. The number of pyridine rings is 1. The molecule has 29 heavy (non-hydrogen) atoms. The summed E-state index contributed by atoms with van der Waals surface area (Å²) < 4.78 is 14.7. The molecule has 2 aromatic heterocycles. The van der Waals surface area contributed by atoms with Crippen LogP contribution < -0.4 is 4.90 Å². The lowest BCUT2D eigenvalue weighted by molar-refractivity contribution is 0.0734. The van der Waals surface area contributed by atoms with E-state index in [9.17, 15) is 9.18 Å². The van der Waals surface area contributed by atoms with Gasteiger partial charge in [0.15, 0.2) is 0 Å². The minimum Gasteiger partial charge on any atom is -0.352 e. The van der Waals surface area contributed by atoms with Gasteiger partial charge in [0.1, 0.15) is 17.5 Å². The standard InChI is InChI=1S/C19H17Cl2FN6O/c1-12-24-17(25-28(12)15-4-2-14(22)3-5-15)19(29)27-8-6-26(7-9-27)18-16(21)10-13(20)11-23-18/h2-5,10-11H,6-9H2,1H3. The summed E-state index contributed by atoms with van der Waals surface area (Å²) in [5.41, 5.74) is 0.642. The molecule has 150 valence electrons. The molecule has 0 N–H and O–H groups in total. The summed E-state index contributed by atoms with van der Waals surface area (Å²) in [6, 6.07) is 7.51. The van der Waals surface area contributed by atoms with E-state index in [4.69, 9.17) is 23.2 Å². The molecule has 0 aliphatic carbocycles. The fraction of sp³-hybridized carbons (Fsp3) is 0.263. The first-order chi connectivity index (χ1) is 13.9. The first kappa shape index (κ1) is 19.6. The summed E-state index contributed by atoms with van der Waals surface area (Å²) in [4.78, 5) is 25.1. The third kappa shape index (κ3) is 4.04. The van der Waals surface area contributed by atoms with Crippen molar-refractivity contribution in [3.05, 3.63) is 64.0 Å². The van der Waals surface area contributed by atoms with Crippen LogP contribution in [0.1, 0.15) is 16.4 Å². The number of nitrogens with zero attached hydrogens (tertiary/aromatic N) is 6. The van der Waals surface area contributed by atoms with E-state index < -0.39 is 0 Å². The van der Waals surface area contributed by atoms with Gasteiger partial charge in [0.25, 0.3) is 5.91 Å². The van der Waals surface area contributed by atoms with E-state index in [0.717, 1.165) is 0 Å². The minimum atomic E-state index is -0.337. The Bertz CT molecular complexity index is 1050. The second-order valence-electron chi connectivity index (χ2n) is 6.61. The van der Waals surface area contributed by atoms with E-state index in [1.165, 1.54) is 16.8 Å². The Labute approximate surface area is 176 Å². The maximum absolute atomic E-state index is 13.1. The molecular formula is C19H17Cl2FN6O. The van der Waals surface area contributed by atoms with E-state index in [0.29, 0.717) is 53.6 Å². The number of benzene rings is 1. The molecule has 0 bridgehead atoms. The van der Waals surface area contributed by atoms with Crippen molar-refractivity contribution in [3.63, 3.8) is 0 Å². The van der Waals surface area contributed by atoms with Gasteiger partial charge in [-0.2, -0.15) is 0 Å². The van der Waals surface area contributed by atoms with Crippen LogP contribution in [0.4, 0.5) is 10.2 Å². The fourth-order valence-electron chi connectivity index (χ4n) is 3.21. The van der Waals surface area contributed by atoms with Crippen LogP contribution in [-0.2, 0) is 0 Å². The number of hydrogen-bond acceptors (Lipinski definition) is 5. The van der Waals surface area contributed by atoms with Crippen molar-refractivity contribution in [2.75, 3.05) is 31.1 Å². The first-order valence-corrected chi connectivity index (χ1v) is 9.73. The van der Waals surface area contributed by atoms with Crippen molar-refractivity contribution in [2.45, 2.75) is 6.92 Å². The lowest BCUT2D eigenvalue weighted by Crippen LogP contribution is -2.49. The molecule has 0 atom stereocenters. The van der Waals surface area contributed by atoms with Crippen molar-refractivity contribution < 1.29 is 9.18 Å². The first-order valence-electron chi connectivity index (χ1n) is 8.97. The van der Waals surface area contributed by atoms with Crippen LogP contribution in [0.5, 0.6) is 0 Å². The molecule has 10 heteroatoms. The quantitative estimate of drug-likeness (QED) is 0.631. The largest absolute Gasteiger partial charge is 0.352 e. The molecule has 0 saturated carbocycles. The number of aromatic nitrogens is 4. The van der Waals surface area contributed by atoms with Gasteiger partial charge in [-0.3, -0.25) is 4.79 Å². The van der Waals surface area contributed by atoms with Crippen molar-refractivity contribution in [2.24, 2.45) is 0 Å². The minimum absolute atomic E-state index is 0.114. The molecule has 4 rings (SSSR count). The van der Waals surface area contributed by atoms with E-state index in [1.807, 2.05) is 4.90 Å². The lowest BCUT2D eigenvalue weighted by atomic mass is 10.3. The van der Waals surface area contributed by atoms with Crippen molar-refractivity contribution >= 4 is 34.9 Å². The molecule has 1 saturated heterocycles. The number of carbonyl (C=O) groups is 1. The Kier molecular flexibility index (Phi) is 5.38. The Balaban J connectivity index is 1.46. The van der Waals surface area contributed by atoms with Gasteiger partial charge in [-0.25, -0.2) is 19.0 Å². The van der Waals surface area contributed by atoms with Gasteiger partial charge in [-0.1, -0.05) is 23.2 Å². The molecule has 0 radical (unpaired) electrons. The monoisotopic (exact) mass is 434 g/mol. The summed E-state index contributed by atoms with van der Waals surface area (Å²) in [6.07, 6.45) is 1.55. The van der Waals surface area contributed by atoms with Gasteiger partial charge in [0.2, 0.25) is 5.82 Å². The topological polar surface area (TPSA) is 67.2 Å². The predicted octanol–water partition coefficient (Wildman–Crippen LogP) is 3.38. The van der Waals surface area contributed by atoms with Crippen molar-refractivity contribution in [3.8, 4) is 5.69 Å². The molecule has 3 heterocycles. The van der Waals surface area contributed by atoms with Crippen LogP contribution in [0.25, 0.3) is 5.69 Å². The van der Waals surface area contributed by atoms with Gasteiger partial charge in [-0.05, 0) is 37.3 Å². The SMILES string of the molecule is Cc1nc(C(=O)N2CCN(c3ncc(Cl)cc3Cl)CC2)nn1-c1ccc(F)cc1. The van der Waals surface area contributed by atoms with Crippen LogP contribution in [0.2, 0.25) is 10.0 Å². The van der Waals surface area contributed by atoms with E-state index in [1.54, 1.807) is 36.2 Å². The smallest absolute Gasteiger partial charge is 0.293 e. The summed E-state index contributed by atoms with van der Waals surface area (Å²) in [5, 5.41) is 5.27. The molecule has 1 amide bonds. The number of carbonyl (C=O) groups excluding carboxylic acids is 1. The van der Waals surface area contributed by atoms with Crippen LogP contribution in [0, 0.1) is 12.7 Å². The van der Waals surface area contributed by atoms with Crippen molar-refractivity contribution in [1.29, 1.82) is 0 Å². The number of piperazine rings is 1. The predicted molar refractivity (Wildman–Crippen MR) is 108 cm³/mol. The van der Waals surface area contributed by atoms with E-state index >= 15 is 0 Å². The molecule has 1 aliphatic rings. The molecular weight excluding hydrogens is 418 g/mol. The summed E-state index contributed by atoms with van der Waals surface area (Å²) in [6.45, 7) is 3.89. The maximum Gasteiger partial charge on any atom is 0.293 e. The Morgan fingerprint density at radius 1 is 1.10 bits per heavy atom. The van der Waals surface area contributed by atoms with Gasteiger partial charge in [0, 0.05) is 32.4 Å². The number of amides is 1. The summed E-state index contributed by atoms with van der Waals surface area (Å²) in [7, 11) is 0. The molecule has 7 nitrogen and oxygen atoms in total. The Morgan fingerprint density at radius 2 is 1.79 bits per heavy atom. The number of anilines is 1. The average molecular weight is 435 g/mol. The normalized spacial score (nSPS) is 14.3. The van der Waals surface area contributed by atoms with Gasteiger partial charge in [-0.15, -0.1) is 5.10 Å². The fourth-order valence-corrected chi connectivity index (χ4v) is 3.71.